The van der Waals surface area contributed by atoms with Gasteiger partial charge in [-0.05, 0) is 12.1 Å². The minimum absolute atomic E-state index is 0.158. The first-order chi connectivity index (χ1) is 8.15. The summed E-state index contributed by atoms with van der Waals surface area (Å²) in [7, 11) is 1.53. The largest absolute Gasteiger partial charge is 0.359 e. The average molecular weight is 232 g/mol. The van der Waals surface area contributed by atoms with E-state index in [1.165, 1.54) is 11.9 Å². The molecule has 0 radical (unpaired) electrons. The molecule has 0 unspecified atom stereocenters. The predicted octanol–water partition coefficient (Wildman–Crippen LogP) is 0.352. The van der Waals surface area contributed by atoms with Crippen molar-refractivity contribution in [3.63, 3.8) is 0 Å². The average Bonchev–Trinajstić information content (AvgIpc) is 2.60. The minimum atomic E-state index is -0.560. The van der Waals surface area contributed by atoms with Gasteiger partial charge in [-0.1, -0.05) is 12.1 Å². The molecule has 1 aliphatic heterocycles. The summed E-state index contributed by atoms with van der Waals surface area (Å²) in [5.74, 6) is -1.22. The lowest BCUT2D eigenvalue weighted by Gasteiger charge is -2.15. The van der Waals surface area contributed by atoms with Crippen LogP contribution in [-0.2, 0) is 9.59 Å². The molecule has 0 bridgehead atoms. The van der Waals surface area contributed by atoms with Gasteiger partial charge in [-0.3, -0.25) is 14.4 Å². The Bertz CT molecular complexity index is 496. The van der Waals surface area contributed by atoms with E-state index in [1.807, 2.05) is 0 Å². The van der Waals surface area contributed by atoms with Gasteiger partial charge < -0.3 is 10.2 Å². The Hall–Kier alpha value is -2.17. The molecule has 5 nitrogen and oxygen atoms in total. The molecular formula is C12H12N2O3. The van der Waals surface area contributed by atoms with E-state index in [0.717, 1.165) is 0 Å². The third-order valence-electron chi connectivity index (χ3n) is 2.72. The van der Waals surface area contributed by atoms with Crippen molar-refractivity contribution in [3.05, 3.63) is 29.8 Å². The van der Waals surface area contributed by atoms with Crippen LogP contribution in [-0.4, -0.2) is 31.2 Å². The van der Waals surface area contributed by atoms with Crippen LogP contribution in [0.2, 0.25) is 0 Å². The van der Waals surface area contributed by atoms with E-state index in [2.05, 4.69) is 5.32 Å². The maximum absolute atomic E-state index is 11.7. The molecule has 88 valence electrons. The molecule has 2 rings (SSSR count). The number of Topliss-reactive ketones (excluding diaryl/α,β-unsaturated/α-hetero) is 1. The van der Waals surface area contributed by atoms with Gasteiger partial charge in [0.25, 0.3) is 11.7 Å². The van der Waals surface area contributed by atoms with Crippen LogP contribution in [0.4, 0.5) is 5.69 Å². The predicted molar refractivity (Wildman–Crippen MR) is 61.8 cm³/mol. The van der Waals surface area contributed by atoms with E-state index in [-0.39, 0.29) is 18.9 Å². The molecule has 0 atom stereocenters. The quantitative estimate of drug-likeness (QED) is 0.765. The summed E-state index contributed by atoms with van der Waals surface area (Å²) in [5.41, 5.74) is 1.00. The second kappa shape index (κ2) is 4.37. The smallest absolute Gasteiger partial charge is 0.299 e. The number of hydrogen-bond donors (Lipinski definition) is 1. The third-order valence-corrected chi connectivity index (χ3v) is 2.72. The van der Waals surface area contributed by atoms with E-state index in [4.69, 9.17) is 0 Å². The summed E-state index contributed by atoms with van der Waals surface area (Å²) in [4.78, 5) is 35.8. The monoisotopic (exact) mass is 232 g/mol. The Kier molecular flexibility index (Phi) is 2.91. The summed E-state index contributed by atoms with van der Waals surface area (Å²) >= 11 is 0. The van der Waals surface area contributed by atoms with Crippen LogP contribution in [0.3, 0.4) is 0 Å². The zero-order chi connectivity index (χ0) is 12.4. The van der Waals surface area contributed by atoms with Gasteiger partial charge in [-0.15, -0.1) is 0 Å². The first-order valence-electron chi connectivity index (χ1n) is 5.31. The molecule has 0 saturated carbocycles. The zero-order valence-electron chi connectivity index (χ0n) is 9.40. The first kappa shape index (κ1) is 11.3. The van der Waals surface area contributed by atoms with Gasteiger partial charge in [0.05, 0.1) is 11.3 Å². The number of carbonyl (C=O) groups excluding carboxylic acids is 3. The number of carbonyl (C=O) groups is 3. The number of rotatable bonds is 3. The molecule has 1 aromatic carbocycles. The van der Waals surface area contributed by atoms with Gasteiger partial charge in [0.1, 0.15) is 0 Å². The highest BCUT2D eigenvalue weighted by Gasteiger charge is 2.35. The van der Waals surface area contributed by atoms with Crippen molar-refractivity contribution in [2.24, 2.45) is 0 Å². The van der Waals surface area contributed by atoms with E-state index in [1.54, 1.807) is 24.3 Å². The summed E-state index contributed by atoms with van der Waals surface area (Å²) < 4.78 is 0. The van der Waals surface area contributed by atoms with Crippen molar-refractivity contribution in [2.45, 2.75) is 6.42 Å². The Balaban J connectivity index is 2.21. The SMILES string of the molecule is CNC(=O)CCN1C(=O)C(=O)c2ccccc21. The van der Waals surface area contributed by atoms with Crippen LogP contribution in [0.15, 0.2) is 24.3 Å². The van der Waals surface area contributed by atoms with Crippen LogP contribution < -0.4 is 10.2 Å². The van der Waals surface area contributed by atoms with Crippen molar-refractivity contribution in [1.82, 2.24) is 5.32 Å². The molecule has 1 heterocycles. The molecule has 5 heteroatoms. The molecule has 0 aliphatic carbocycles. The molecule has 2 amide bonds. The molecule has 1 N–H and O–H groups in total. The highest BCUT2D eigenvalue weighted by molar-refractivity contribution is 6.52. The maximum atomic E-state index is 11.7. The van der Waals surface area contributed by atoms with Crippen molar-refractivity contribution < 1.29 is 14.4 Å². The Morgan fingerprint density at radius 3 is 2.71 bits per heavy atom. The highest BCUT2D eigenvalue weighted by Crippen LogP contribution is 2.28. The number of fused-ring (bicyclic) bond motifs is 1. The molecular weight excluding hydrogens is 220 g/mol. The Labute approximate surface area is 98.4 Å². The normalized spacial score (nSPS) is 13.8. The minimum Gasteiger partial charge on any atom is -0.359 e. The topological polar surface area (TPSA) is 66.5 Å². The summed E-state index contributed by atoms with van der Waals surface area (Å²) in [6.07, 6.45) is 0.184. The van der Waals surface area contributed by atoms with E-state index < -0.39 is 11.7 Å². The lowest BCUT2D eigenvalue weighted by atomic mass is 10.1. The van der Waals surface area contributed by atoms with Gasteiger partial charge in [-0.2, -0.15) is 0 Å². The van der Waals surface area contributed by atoms with Crippen molar-refractivity contribution in [1.29, 1.82) is 0 Å². The number of anilines is 1. The standard InChI is InChI=1S/C12H12N2O3/c1-13-10(15)6-7-14-9-5-3-2-4-8(9)11(16)12(14)17/h2-5H,6-7H2,1H3,(H,13,15). The maximum Gasteiger partial charge on any atom is 0.299 e. The Morgan fingerprint density at radius 2 is 2.00 bits per heavy atom. The molecule has 17 heavy (non-hydrogen) atoms. The van der Waals surface area contributed by atoms with Gasteiger partial charge in [-0.25, -0.2) is 0 Å². The summed E-state index contributed by atoms with van der Waals surface area (Å²) in [6.45, 7) is 0.223. The van der Waals surface area contributed by atoms with Crippen LogP contribution in [0, 0.1) is 0 Å². The van der Waals surface area contributed by atoms with Crippen molar-refractivity contribution in [3.8, 4) is 0 Å². The molecule has 0 fully saturated rings. The number of para-hydroxylation sites is 1. The fraction of sp³-hybridized carbons (Fsp3) is 0.250. The number of benzene rings is 1. The molecule has 0 saturated heterocycles. The highest BCUT2D eigenvalue weighted by atomic mass is 16.2. The second-order valence-electron chi connectivity index (χ2n) is 3.73. The molecule has 0 spiro atoms. The lowest BCUT2D eigenvalue weighted by Crippen LogP contribution is -2.33. The fourth-order valence-corrected chi connectivity index (χ4v) is 1.81. The van der Waals surface area contributed by atoms with Crippen LogP contribution in [0.1, 0.15) is 16.8 Å². The van der Waals surface area contributed by atoms with E-state index in [9.17, 15) is 14.4 Å². The van der Waals surface area contributed by atoms with Crippen LogP contribution >= 0.6 is 0 Å². The van der Waals surface area contributed by atoms with Crippen molar-refractivity contribution in [2.75, 3.05) is 18.5 Å². The zero-order valence-corrected chi connectivity index (χ0v) is 9.40. The van der Waals surface area contributed by atoms with Crippen LogP contribution in [0.5, 0.6) is 0 Å². The van der Waals surface area contributed by atoms with E-state index >= 15 is 0 Å². The Morgan fingerprint density at radius 1 is 1.29 bits per heavy atom. The lowest BCUT2D eigenvalue weighted by molar-refractivity contribution is -0.120. The third kappa shape index (κ3) is 1.91. The van der Waals surface area contributed by atoms with Gasteiger partial charge in [0.15, 0.2) is 0 Å². The summed E-state index contributed by atoms with van der Waals surface area (Å²) in [6, 6.07) is 6.81. The van der Waals surface area contributed by atoms with Crippen molar-refractivity contribution >= 4 is 23.3 Å². The fourth-order valence-electron chi connectivity index (χ4n) is 1.81. The molecule has 1 aliphatic rings. The molecule has 0 aromatic heterocycles. The number of nitrogens with zero attached hydrogens (tertiary/aromatic N) is 1. The van der Waals surface area contributed by atoms with Gasteiger partial charge in [0, 0.05) is 20.0 Å². The number of nitrogens with one attached hydrogen (secondary N) is 1. The van der Waals surface area contributed by atoms with Gasteiger partial charge in [0.2, 0.25) is 5.91 Å². The second-order valence-corrected chi connectivity index (χ2v) is 3.73. The van der Waals surface area contributed by atoms with Gasteiger partial charge >= 0.3 is 0 Å². The van der Waals surface area contributed by atoms with E-state index in [0.29, 0.717) is 11.3 Å². The molecule has 1 aromatic rings. The number of ketones is 1. The number of hydrogen-bond acceptors (Lipinski definition) is 3. The first-order valence-corrected chi connectivity index (χ1v) is 5.31. The van der Waals surface area contributed by atoms with Crippen LogP contribution in [0.25, 0.3) is 0 Å². The summed E-state index contributed by atoms with van der Waals surface area (Å²) in [5, 5.41) is 2.48. The number of amides is 2.